The lowest BCUT2D eigenvalue weighted by atomic mass is 10.3. The molecule has 0 aliphatic heterocycles. The van der Waals surface area contributed by atoms with Crippen molar-refractivity contribution in [2.75, 3.05) is 6.54 Å². The minimum atomic E-state index is -0.339. The lowest BCUT2D eigenvalue weighted by Gasteiger charge is -2.09. The van der Waals surface area contributed by atoms with Crippen molar-refractivity contribution in [2.24, 2.45) is 14.1 Å². The topological polar surface area (TPSA) is 56.0 Å². The first kappa shape index (κ1) is 12.7. The second-order valence-electron chi connectivity index (χ2n) is 3.50. The summed E-state index contributed by atoms with van der Waals surface area (Å²) in [5.41, 5.74) is -0.0374. The van der Waals surface area contributed by atoms with Crippen LogP contribution < -0.4 is 16.6 Å². The van der Waals surface area contributed by atoms with Crippen LogP contribution in [0, 0.1) is 0 Å². The number of nitrogens with one attached hydrogen (secondary N) is 1. The molecule has 1 heterocycles. The van der Waals surface area contributed by atoms with E-state index in [-0.39, 0.29) is 11.2 Å². The molecule has 16 heavy (non-hydrogen) atoms. The maximum absolute atomic E-state index is 11.6. The van der Waals surface area contributed by atoms with E-state index in [0.717, 1.165) is 4.57 Å². The van der Waals surface area contributed by atoms with E-state index < -0.39 is 0 Å². The van der Waals surface area contributed by atoms with Crippen molar-refractivity contribution >= 4 is 11.6 Å². The smallest absolute Gasteiger partial charge is 0.306 e. The van der Waals surface area contributed by atoms with Gasteiger partial charge in [0.1, 0.15) is 0 Å². The summed E-state index contributed by atoms with van der Waals surface area (Å²) >= 11 is 5.58. The zero-order valence-corrected chi connectivity index (χ0v) is 10.0. The molecule has 0 atom stereocenters. The Bertz CT molecular complexity index is 516. The second-order valence-corrected chi connectivity index (χ2v) is 4.03. The molecule has 0 aromatic carbocycles. The van der Waals surface area contributed by atoms with Crippen LogP contribution in [0.1, 0.15) is 5.69 Å². The van der Waals surface area contributed by atoms with Crippen LogP contribution in [0.2, 0.25) is 0 Å². The SMILES string of the molecule is C=C(Cl)CNCc1cc(=O)n(C)c(=O)n1C. The zero-order chi connectivity index (χ0) is 12.3. The van der Waals surface area contributed by atoms with Gasteiger partial charge in [0, 0.05) is 44.0 Å². The third-order valence-corrected chi connectivity index (χ3v) is 2.38. The molecule has 0 saturated carbocycles. The van der Waals surface area contributed by atoms with Gasteiger partial charge in [0.25, 0.3) is 5.56 Å². The summed E-state index contributed by atoms with van der Waals surface area (Å²) < 4.78 is 2.48. The Labute approximate surface area is 98.0 Å². The molecule has 0 radical (unpaired) electrons. The van der Waals surface area contributed by atoms with Crippen LogP contribution in [0.15, 0.2) is 27.3 Å². The molecule has 0 spiro atoms. The molecule has 88 valence electrons. The molecule has 1 aromatic rings. The quantitative estimate of drug-likeness (QED) is 0.805. The van der Waals surface area contributed by atoms with E-state index in [0.29, 0.717) is 23.8 Å². The first-order chi connectivity index (χ1) is 7.43. The Balaban J connectivity index is 2.94. The highest BCUT2D eigenvalue weighted by Crippen LogP contribution is 1.95. The van der Waals surface area contributed by atoms with Gasteiger partial charge in [-0.15, -0.1) is 0 Å². The van der Waals surface area contributed by atoms with Gasteiger partial charge in [-0.25, -0.2) is 4.79 Å². The van der Waals surface area contributed by atoms with Gasteiger partial charge in [0.15, 0.2) is 0 Å². The molecule has 0 unspecified atom stereocenters. The monoisotopic (exact) mass is 243 g/mol. The highest BCUT2D eigenvalue weighted by atomic mass is 35.5. The molecular weight excluding hydrogens is 230 g/mol. The third-order valence-electron chi connectivity index (χ3n) is 2.25. The molecule has 1 rings (SSSR count). The fraction of sp³-hybridized carbons (Fsp3) is 0.400. The van der Waals surface area contributed by atoms with Crippen molar-refractivity contribution in [1.29, 1.82) is 0 Å². The number of rotatable bonds is 4. The standard InChI is InChI=1S/C10H14ClN3O2/c1-7(11)5-12-6-8-4-9(15)14(3)10(16)13(8)2/h4,12H,1,5-6H2,2-3H3. The predicted octanol–water partition coefficient (Wildman–Crippen LogP) is -0.0739. The summed E-state index contributed by atoms with van der Waals surface area (Å²) in [6, 6.07) is 1.42. The fourth-order valence-corrected chi connectivity index (χ4v) is 1.37. The molecule has 0 saturated heterocycles. The van der Waals surface area contributed by atoms with Gasteiger partial charge in [-0.2, -0.15) is 0 Å². The van der Waals surface area contributed by atoms with Crippen molar-refractivity contribution in [1.82, 2.24) is 14.5 Å². The van der Waals surface area contributed by atoms with Crippen LogP contribution in [0.25, 0.3) is 0 Å². The molecule has 5 nitrogen and oxygen atoms in total. The van der Waals surface area contributed by atoms with Crippen molar-refractivity contribution in [3.05, 3.63) is 44.2 Å². The average Bonchev–Trinajstić information content (AvgIpc) is 2.22. The second kappa shape index (κ2) is 5.14. The highest BCUT2D eigenvalue weighted by Gasteiger charge is 2.04. The van der Waals surface area contributed by atoms with Crippen LogP contribution in [0.4, 0.5) is 0 Å². The fourth-order valence-electron chi connectivity index (χ4n) is 1.27. The van der Waals surface area contributed by atoms with E-state index in [1.165, 1.54) is 17.7 Å². The molecule has 0 amide bonds. The minimum absolute atomic E-state index is 0.315. The third kappa shape index (κ3) is 2.84. The summed E-state index contributed by atoms with van der Waals surface area (Å²) in [5.74, 6) is 0. The Morgan fingerprint density at radius 1 is 1.44 bits per heavy atom. The maximum atomic E-state index is 11.6. The lowest BCUT2D eigenvalue weighted by Crippen LogP contribution is -2.39. The van der Waals surface area contributed by atoms with Gasteiger partial charge >= 0.3 is 5.69 Å². The Morgan fingerprint density at radius 2 is 2.06 bits per heavy atom. The van der Waals surface area contributed by atoms with E-state index in [2.05, 4.69) is 11.9 Å². The molecule has 0 fully saturated rings. The largest absolute Gasteiger partial charge is 0.330 e. The van der Waals surface area contributed by atoms with Gasteiger partial charge in [0.2, 0.25) is 0 Å². The molecule has 0 bridgehead atoms. The van der Waals surface area contributed by atoms with Gasteiger partial charge < -0.3 is 5.32 Å². The number of nitrogens with zero attached hydrogens (tertiary/aromatic N) is 2. The number of halogens is 1. The van der Waals surface area contributed by atoms with Crippen molar-refractivity contribution in [3.8, 4) is 0 Å². The average molecular weight is 244 g/mol. The maximum Gasteiger partial charge on any atom is 0.330 e. The lowest BCUT2D eigenvalue weighted by molar-refractivity contribution is 0.617. The Kier molecular flexibility index (Phi) is 4.09. The van der Waals surface area contributed by atoms with E-state index in [1.807, 2.05) is 0 Å². The van der Waals surface area contributed by atoms with Crippen LogP contribution in [0.3, 0.4) is 0 Å². The number of aromatic nitrogens is 2. The molecule has 1 aromatic heterocycles. The van der Waals surface area contributed by atoms with E-state index in [9.17, 15) is 9.59 Å². The van der Waals surface area contributed by atoms with E-state index in [1.54, 1.807) is 7.05 Å². The van der Waals surface area contributed by atoms with E-state index in [4.69, 9.17) is 11.6 Å². The van der Waals surface area contributed by atoms with Crippen LogP contribution in [-0.4, -0.2) is 15.7 Å². The first-order valence-corrected chi connectivity index (χ1v) is 5.11. The van der Waals surface area contributed by atoms with Gasteiger partial charge in [0.05, 0.1) is 0 Å². The van der Waals surface area contributed by atoms with Crippen molar-refractivity contribution in [2.45, 2.75) is 6.54 Å². The summed E-state index contributed by atoms with van der Waals surface area (Å²) in [6.07, 6.45) is 0. The minimum Gasteiger partial charge on any atom is -0.306 e. The van der Waals surface area contributed by atoms with Gasteiger partial charge in [-0.05, 0) is 0 Å². The van der Waals surface area contributed by atoms with Crippen molar-refractivity contribution in [3.63, 3.8) is 0 Å². The molecule has 0 aliphatic carbocycles. The van der Waals surface area contributed by atoms with Gasteiger partial charge in [-0.1, -0.05) is 18.2 Å². The Hall–Kier alpha value is -1.33. The van der Waals surface area contributed by atoms with Crippen LogP contribution >= 0.6 is 11.6 Å². The Morgan fingerprint density at radius 3 is 2.62 bits per heavy atom. The normalized spacial score (nSPS) is 10.4. The zero-order valence-electron chi connectivity index (χ0n) is 9.29. The van der Waals surface area contributed by atoms with Crippen molar-refractivity contribution < 1.29 is 0 Å². The van der Waals surface area contributed by atoms with E-state index >= 15 is 0 Å². The highest BCUT2D eigenvalue weighted by molar-refractivity contribution is 6.29. The van der Waals surface area contributed by atoms with Gasteiger partial charge in [-0.3, -0.25) is 13.9 Å². The first-order valence-electron chi connectivity index (χ1n) is 4.73. The predicted molar refractivity (Wildman–Crippen MR) is 63.6 cm³/mol. The number of hydrogen-bond donors (Lipinski definition) is 1. The molecule has 0 aliphatic rings. The van der Waals surface area contributed by atoms with Crippen LogP contribution in [-0.2, 0) is 20.6 Å². The summed E-state index contributed by atoms with van der Waals surface area (Å²) in [7, 11) is 3.07. The molecule has 6 heteroatoms. The molecular formula is C10H14ClN3O2. The summed E-state index contributed by atoms with van der Waals surface area (Å²) in [6.45, 7) is 4.36. The summed E-state index contributed by atoms with van der Waals surface area (Å²) in [4.78, 5) is 22.9. The van der Waals surface area contributed by atoms with Crippen LogP contribution in [0.5, 0.6) is 0 Å². The molecule has 1 N–H and O–H groups in total. The number of hydrogen-bond acceptors (Lipinski definition) is 3. The summed E-state index contributed by atoms with van der Waals surface area (Å²) in [5, 5.41) is 3.46.